The Hall–Kier alpha value is -2.89. The number of hydrogen-bond donors (Lipinski definition) is 4. The first kappa shape index (κ1) is 16.0. The molecule has 2 amide bonds. The van der Waals surface area contributed by atoms with Gasteiger partial charge < -0.3 is 25.7 Å². The number of phenols is 2. The number of nitrogens with one attached hydrogen (secondary N) is 2. The maximum absolute atomic E-state index is 12.0. The number of piperidine rings is 1. The van der Waals surface area contributed by atoms with Crippen LogP contribution in [-0.2, 0) is 0 Å². The van der Waals surface area contributed by atoms with E-state index in [1.54, 1.807) is 0 Å². The highest BCUT2D eigenvalue weighted by molar-refractivity contribution is 6.00. The lowest BCUT2D eigenvalue weighted by molar-refractivity contribution is 0.262. The molecule has 0 radical (unpaired) electrons. The normalized spacial score (nSPS) is 14.2. The van der Waals surface area contributed by atoms with E-state index < -0.39 is 6.03 Å². The maximum atomic E-state index is 12.0. The Labute approximate surface area is 140 Å². The van der Waals surface area contributed by atoms with Gasteiger partial charge in [0.1, 0.15) is 11.5 Å². The van der Waals surface area contributed by atoms with Gasteiger partial charge in [-0.15, -0.1) is 0 Å². The predicted molar refractivity (Wildman–Crippen MR) is 94.9 cm³/mol. The molecule has 0 saturated carbocycles. The van der Waals surface area contributed by atoms with Crippen LogP contribution in [0.25, 0.3) is 0 Å². The van der Waals surface area contributed by atoms with Crippen molar-refractivity contribution < 1.29 is 15.0 Å². The van der Waals surface area contributed by atoms with Crippen LogP contribution in [0.3, 0.4) is 0 Å². The number of nitrogens with zero attached hydrogens (tertiary/aromatic N) is 1. The lowest BCUT2D eigenvalue weighted by Gasteiger charge is -2.28. The molecule has 0 aromatic heterocycles. The van der Waals surface area contributed by atoms with E-state index in [0.717, 1.165) is 13.1 Å². The van der Waals surface area contributed by atoms with E-state index in [2.05, 4.69) is 15.5 Å². The molecule has 0 unspecified atom stereocenters. The molecule has 2 aromatic rings. The molecule has 0 bridgehead atoms. The topological polar surface area (TPSA) is 84.8 Å². The summed E-state index contributed by atoms with van der Waals surface area (Å²) in [6.45, 7) is 2.16. The van der Waals surface area contributed by atoms with Gasteiger partial charge in [0.25, 0.3) is 0 Å². The van der Waals surface area contributed by atoms with Crippen molar-refractivity contribution in [2.75, 3.05) is 28.6 Å². The van der Waals surface area contributed by atoms with Crippen LogP contribution in [0.5, 0.6) is 11.5 Å². The summed E-state index contributed by atoms with van der Waals surface area (Å²) in [4.78, 5) is 14.3. The Kier molecular flexibility index (Phi) is 4.74. The van der Waals surface area contributed by atoms with Crippen molar-refractivity contribution in [3.63, 3.8) is 0 Å². The highest BCUT2D eigenvalue weighted by atomic mass is 16.3. The van der Waals surface area contributed by atoms with Crippen molar-refractivity contribution in [1.82, 2.24) is 0 Å². The third-order valence-electron chi connectivity index (χ3n) is 4.01. The van der Waals surface area contributed by atoms with E-state index in [1.165, 1.54) is 43.1 Å². The minimum Gasteiger partial charge on any atom is -0.508 e. The largest absolute Gasteiger partial charge is 0.508 e. The summed E-state index contributed by atoms with van der Waals surface area (Å²) in [7, 11) is 0. The van der Waals surface area contributed by atoms with Crippen molar-refractivity contribution in [3.8, 4) is 11.5 Å². The van der Waals surface area contributed by atoms with Crippen LogP contribution in [0.1, 0.15) is 19.3 Å². The molecule has 1 saturated heterocycles. The Morgan fingerprint density at radius 3 is 2.04 bits per heavy atom. The van der Waals surface area contributed by atoms with E-state index in [4.69, 9.17) is 0 Å². The van der Waals surface area contributed by atoms with Gasteiger partial charge in [-0.1, -0.05) is 0 Å². The van der Waals surface area contributed by atoms with Gasteiger partial charge in [-0.3, -0.25) is 0 Å². The van der Waals surface area contributed by atoms with E-state index in [9.17, 15) is 15.0 Å². The number of phenolic OH excluding ortho intramolecular Hbond substituents is 2. The molecule has 1 aliphatic heterocycles. The molecule has 1 fully saturated rings. The average Bonchev–Trinajstić information content (AvgIpc) is 2.55. The van der Waals surface area contributed by atoms with Crippen LogP contribution in [-0.4, -0.2) is 29.3 Å². The molecule has 2 aromatic carbocycles. The number of benzene rings is 2. The van der Waals surface area contributed by atoms with Crippen molar-refractivity contribution >= 4 is 23.1 Å². The summed E-state index contributed by atoms with van der Waals surface area (Å²) in [5.74, 6) is -0.229. The minimum absolute atomic E-state index is 0.115. The second-order valence-electron chi connectivity index (χ2n) is 5.91. The first-order chi connectivity index (χ1) is 11.6. The van der Waals surface area contributed by atoms with E-state index in [-0.39, 0.29) is 11.5 Å². The number of carbonyl (C=O) groups excluding carboxylic acids is 1. The standard InChI is InChI=1S/C18H21N3O3/c22-16-10-14(11-17(23)12-16)20-18(24)19-13-4-6-15(7-5-13)21-8-2-1-3-9-21/h4-7,10-12,22-23H,1-3,8-9H2,(H2,19,20,24). The fraction of sp³-hybridized carbons (Fsp3) is 0.278. The molecule has 6 heteroatoms. The number of urea groups is 1. The molecule has 0 spiro atoms. The van der Waals surface area contributed by atoms with Crippen molar-refractivity contribution in [2.45, 2.75) is 19.3 Å². The molecule has 4 N–H and O–H groups in total. The Balaban J connectivity index is 1.59. The van der Waals surface area contributed by atoms with Gasteiger partial charge in [-0.05, 0) is 43.5 Å². The summed E-state index contributed by atoms with van der Waals surface area (Å²) in [5.41, 5.74) is 2.16. The monoisotopic (exact) mass is 327 g/mol. The number of rotatable bonds is 3. The van der Waals surface area contributed by atoms with Crippen LogP contribution in [0.15, 0.2) is 42.5 Å². The van der Waals surface area contributed by atoms with Gasteiger partial charge >= 0.3 is 6.03 Å². The molecule has 1 heterocycles. The average molecular weight is 327 g/mol. The third kappa shape index (κ3) is 4.10. The third-order valence-corrected chi connectivity index (χ3v) is 4.01. The van der Waals surface area contributed by atoms with Gasteiger partial charge in [0.2, 0.25) is 0 Å². The Bertz CT molecular complexity index is 690. The zero-order chi connectivity index (χ0) is 16.9. The maximum Gasteiger partial charge on any atom is 0.323 e. The predicted octanol–water partition coefficient (Wildman–Crippen LogP) is 3.73. The van der Waals surface area contributed by atoms with Crippen LogP contribution < -0.4 is 15.5 Å². The minimum atomic E-state index is -0.439. The fourth-order valence-corrected chi connectivity index (χ4v) is 2.87. The zero-order valence-electron chi connectivity index (χ0n) is 13.3. The Morgan fingerprint density at radius 1 is 0.833 bits per heavy atom. The van der Waals surface area contributed by atoms with Gasteiger partial charge in [-0.2, -0.15) is 0 Å². The summed E-state index contributed by atoms with van der Waals surface area (Å²) in [6.07, 6.45) is 3.74. The lowest BCUT2D eigenvalue weighted by atomic mass is 10.1. The highest BCUT2D eigenvalue weighted by Gasteiger charge is 2.11. The summed E-state index contributed by atoms with van der Waals surface area (Å²) in [5, 5.41) is 24.1. The van der Waals surface area contributed by atoms with Crippen molar-refractivity contribution in [3.05, 3.63) is 42.5 Å². The van der Waals surface area contributed by atoms with Gasteiger partial charge in [-0.25, -0.2) is 4.79 Å². The van der Waals surface area contributed by atoms with E-state index in [0.29, 0.717) is 11.4 Å². The molecular formula is C18H21N3O3. The molecule has 3 rings (SSSR count). The molecule has 0 aliphatic carbocycles. The van der Waals surface area contributed by atoms with Crippen LogP contribution in [0.4, 0.5) is 21.9 Å². The number of aromatic hydroxyl groups is 2. The first-order valence-electron chi connectivity index (χ1n) is 8.06. The Morgan fingerprint density at radius 2 is 1.42 bits per heavy atom. The molecule has 1 aliphatic rings. The second-order valence-corrected chi connectivity index (χ2v) is 5.91. The molecule has 0 atom stereocenters. The van der Waals surface area contributed by atoms with E-state index in [1.807, 2.05) is 24.3 Å². The van der Waals surface area contributed by atoms with Gasteiger partial charge in [0.15, 0.2) is 0 Å². The number of amides is 2. The summed E-state index contributed by atoms with van der Waals surface area (Å²) in [6, 6.07) is 11.2. The highest BCUT2D eigenvalue weighted by Crippen LogP contribution is 2.25. The SMILES string of the molecule is O=C(Nc1ccc(N2CCCCC2)cc1)Nc1cc(O)cc(O)c1. The van der Waals surface area contributed by atoms with Crippen LogP contribution in [0.2, 0.25) is 0 Å². The van der Waals surface area contributed by atoms with Crippen LogP contribution >= 0.6 is 0 Å². The number of hydrogen-bond acceptors (Lipinski definition) is 4. The smallest absolute Gasteiger partial charge is 0.323 e. The summed E-state index contributed by atoms with van der Waals surface area (Å²) >= 11 is 0. The molecule has 126 valence electrons. The number of carbonyl (C=O) groups is 1. The molecule has 24 heavy (non-hydrogen) atoms. The quantitative estimate of drug-likeness (QED) is 0.692. The van der Waals surface area contributed by atoms with Gasteiger partial charge in [0.05, 0.1) is 0 Å². The zero-order valence-corrected chi connectivity index (χ0v) is 13.3. The second kappa shape index (κ2) is 7.12. The van der Waals surface area contributed by atoms with Gasteiger partial charge in [0, 0.05) is 48.4 Å². The molecule has 6 nitrogen and oxygen atoms in total. The van der Waals surface area contributed by atoms with E-state index >= 15 is 0 Å². The molecular weight excluding hydrogens is 306 g/mol. The number of anilines is 3. The van der Waals surface area contributed by atoms with Crippen molar-refractivity contribution in [2.24, 2.45) is 0 Å². The summed E-state index contributed by atoms with van der Waals surface area (Å²) < 4.78 is 0. The van der Waals surface area contributed by atoms with Crippen LogP contribution in [0, 0.1) is 0 Å². The lowest BCUT2D eigenvalue weighted by Crippen LogP contribution is -2.29. The van der Waals surface area contributed by atoms with Crippen molar-refractivity contribution in [1.29, 1.82) is 0 Å². The fourth-order valence-electron chi connectivity index (χ4n) is 2.87. The first-order valence-corrected chi connectivity index (χ1v) is 8.06.